The van der Waals surface area contributed by atoms with Gasteiger partial charge in [-0.2, -0.15) is 0 Å². The molecule has 94 valence electrons. The van der Waals surface area contributed by atoms with Gasteiger partial charge in [-0.05, 0) is 17.7 Å². The van der Waals surface area contributed by atoms with E-state index in [-0.39, 0.29) is 14.9 Å². The number of hydrogen-bond acceptors (Lipinski definition) is 3. The highest BCUT2D eigenvalue weighted by molar-refractivity contribution is 14.1. The molecule has 6 heteroatoms. The van der Waals surface area contributed by atoms with E-state index in [1.807, 2.05) is 22.6 Å². The summed E-state index contributed by atoms with van der Waals surface area (Å²) in [6, 6.07) is 4.62. The molecule has 0 radical (unpaired) electrons. The summed E-state index contributed by atoms with van der Waals surface area (Å²) in [6.45, 7) is 0.946. The van der Waals surface area contributed by atoms with Gasteiger partial charge in [0, 0.05) is 13.1 Å². The molecule has 0 saturated carbocycles. The Hall–Kier alpha value is -0.400. The topological polar surface area (TPSA) is 38.3 Å². The lowest BCUT2D eigenvalue weighted by molar-refractivity contribution is -0.139. The zero-order chi connectivity index (χ0) is 12.8. The van der Waals surface area contributed by atoms with E-state index in [9.17, 15) is 9.18 Å². The van der Waals surface area contributed by atoms with Gasteiger partial charge in [-0.1, -0.05) is 40.3 Å². The second-order valence-electron chi connectivity index (χ2n) is 3.37. The van der Waals surface area contributed by atoms with Gasteiger partial charge in [0.1, 0.15) is 9.74 Å². The molecule has 0 saturated heterocycles. The van der Waals surface area contributed by atoms with E-state index in [2.05, 4.69) is 10.1 Å². The Morgan fingerprint density at radius 1 is 1.65 bits per heavy atom. The Morgan fingerprint density at radius 3 is 2.94 bits per heavy atom. The monoisotopic (exact) mass is 371 g/mol. The number of carbonyl (C=O) groups excluding carboxylic acids is 1. The van der Waals surface area contributed by atoms with E-state index in [1.165, 1.54) is 19.2 Å². The van der Waals surface area contributed by atoms with Gasteiger partial charge in [0.15, 0.2) is 0 Å². The van der Waals surface area contributed by atoms with Crippen LogP contribution in [0, 0.1) is 5.82 Å². The SMILES string of the molecule is COC(=O)C(I)CNCc1ccc(Cl)c(F)c1. The molecule has 0 aliphatic carbocycles. The third-order valence-electron chi connectivity index (χ3n) is 2.09. The molecular formula is C11H12ClFINO2. The number of rotatable bonds is 5. The first-order chi connectivity index (χ1) is 8.04. The minimum absolute atomic E-state index is 0.107. The van der Waals surface area contributed by atoms with Crippen LogP contribution in [-0.2, 0) is 16.1 Å². The Morgan fingerprint density at radius 2 is 2.35 bits per heavy atom. The number of methoxy groups -OCH3 is 1. The number of alkyl halides is 1. The normalized spacial score (nSPS) is 12.2. The van der Waals surface area contributed by atoms with Gasteiger partial charge >= 0.3 is 5.97 Å². The van der Waals surface area contributed by atoms with Crippen LogP contribution in [0.4, 0.5) is 4.39 Å². The highest BCUT2D eigenvalue weighted by Crippen LogP contribution is 2.15. The van der Waals surface area contributed by atoms with E-state index in [0.29, 0.717) is 13.1 Å². The molecule has 0 amide bonds. The summed E-state index contributed by atoms with van der Waals surface area (Å²) in [4.78, 5) is 11.1. The molecule has 0 aliphatic heterocycles. The van der Waals surface area contributed by atoms with Crippen molar-refractivity contribution < 1.29 is 13.9 Å². The van der Waals surface area contributed by atoms with Crippen molar-refractivity contribution in [3.8, 4) is 0 Å². The molecule has 0 aliphatic rings. The summed E-state index contributed by atoms with van der Waals surface area (Å²) in [5.74, 6) is -0.717. The first-order valence-corrected chi connectivity index (χ1v) is 6.53. The number of halogens is 3. The third-order valence-corrected chi connectivity index (χ3v) is 3.35. The van der Waals surface area contributed by atoms with Gasteiger partial charge < -0.3 is 10.1 Å². The first kappa shape index (κ1) is 14.7. The van der Waals surface area contributed by atoms with Crippen molar-refractivity contribution >= 4 is 40.2 Å². The molecule has 3 nitrogen and oxygen atoms in total. The average Bonchev–Trinajstić information content (AvgIpc) is 2.32. The molecule has 0 heterocycles. The summed E-state index contributed by atoms with van der Waals surface area (Å²) in [7, 11) is 1.35. The van der Waals surface area contributed by atoms with Crippen LogP contribution < -0.4 is 5.32 Å². The fourth-order valence-corrected chi connectivity index (χ4v) is 1.89. The number of esters is 1. The molecule has 17 heavy (non-hydrogen) atoms. The molecule has 1 aromatic rings. The van der Waals surface area contributed by atoms with Crippen molar-refractivity contribution in [3.63, 3.8) is 0 Å². The standard InChI is InChI=1S/C11H12ClFINO2/c1-17-11(16)10(14)6-15-5-7-2-3-8(12)9(13)4-7/h2-4,10,15H,5-6H2,1H3. The maximum atomic E-state index is 13.1. The van der Waals surface area contributed by atoms with E-state index >= 15 is 0 Å². The molecule has 1 aromatic carbocycles. The maximum Gasteiger partial charge on any atom is 0.319 e. The Kier molecular flexibility index (Phi) is 6.15. The molecule has 0 fully saturated rings. The van der Waals surface area contributed by atoms with E-state index in [1.54, 1.807) is 6.07 Å². The predicted molar refractivity (Wildman–Crippen MR) is 72.9 cm³/mol. The van der Waals surface area contributed by atoms with Gasteiger partial charge in [-0.3, -0.25) is 4.79 Å². The van der Waals surface area contributed by atoms with Crippen molar-refractivity contribution in [2.24, 2.45) is 0 Å². The number of carbonyl (C=O) groups is 1. The van der Waals surface area contributed by atoms with Crippen LogP contribution >= 0.6 is 34.2 Å². The summed E-state index contributed by atoms with van der Waals surface area (Å²) in [6.07, 6.45) is 0. The van der Waals surface area contributed by atoms with Crippen LogP contribution in [0.3, 0.4) is 0 Å². The van der Waals surface area contributed by atoms with Crippen LogP contribution in [0.2, 0.25) is 5.02 Å². The lowest BCUT2D eigenvalue weighted by atomic mass is 10.2. The summed E-state index contributed by atoms with van der Waals surface area (Å²) < 4.78 is 17.4. The first-order valence-electron chi connectivity index (χ1n) is 4.91. The number of hydrogen-bond donors (Lipinski definition) is 1. The lowest BCUT2D eigenvalue weighted by Crippen LogP contribution is -2.29. The second-order valence-corrected chi connectivity index (χ2v) is 5.28. The maximum absolute atomic E-state index is 13.1. The molecular weight excluding hydrogens is 359 g/mol. The number of ether oxygens (including phenoxy) is 1. The highest BCUT2D eigenvalue weighted by Gasteiger charge is 2.13. The van der Waals surface area contributed by atoms with Crippen LogP contribution in [0.5, 0.6) is 0 Å². The van der Waals surface area contributed by atoms with Crippen molar-refractivity contribution in [1.29, 1.82) is 0 Å². The number of nitrogens with one attached hydrogen (secondary N) is 1. The minimum Gasteiger partial charge on any atom is -0.468 e. The van der Waals surface area contributed by atoms with Crippen LogP contribution in [0.25, 0.3) is 0 Å². The zero-order valence-electron chi connectivity index (χ0n) is 9.17. The summed E-state index contributed by atoms with van der Waals surface area (Å²) in [5.41, 5.74) is 0.778. The fraction of sp³-hybridized carbons (Fsp3) is 0.364. The van der Waals surface area contributed by atoms with E-state index < -0.39 is 5.82 Å². The molecule has 1 rings (SSSR count). The van der Waals surface area contributed by atoms with Crippen LogP contribution in [0.1, 0.15) is 5.56 Å². The van der Waals surface area contributed by atoms with Crippen molar-refractivity contribution in [1.82, 2.24) is 5.32 Å². The van der Waals surface area contributed by atoms with Gasteiger partial charge in [0.25, 0.3) is 0 Å². The van der Waals surface area contributed by atoms with Crippen molar-refractivity contribution in [3.05, 3.63) is 34.6 Å². The van der Waals surface area contributed by atoms with Crippen LogP contribution in [-0.4, -0.2) is 23.5 Å². The predicted octanol–water partition coefficient (Wildman–Crippen LogP) is 2.55. The zero-order valence-corrected chi connectivity index (χ0v) is 12.1. The lowest BCUT2D eigenvalue weighted by Gasteiger charge is -2.09. The van der Waals surface area contributed by atoms with E-state index in [4.69, 9.17) is 11.6 Å². The Labute approximate surface area is 118 Å². The molecule has 1 atom stereocenters. The van der Waals surface area contributed by atoms with Gasteiger partial charge in [0.2, 0.25) is 0 Å². The molecule has 0 spiro atoms. The molecule has 1 unspecified atom stereocenters. The molecule has 1 N–H and O–H groups in total. The van der Waals surface area contributed by atoms with Gasteiger partial charge in [-0.15, -0.1) is 0 Å². The summed E-state index contributed by atoms with van der Waals surface area (Å²) >= 11 is 7.56. The Balaban J connectivity index is 2.40. The highest BCUT2D eigenvalue weighted by atomic mass is 127. The van der Waals surface area contributed by atoms with Crippen molar-refractivity contribution in [2.45, 2.75) is 10.5 Å². The quantitative estimate of drug-likeness (QED) is 0.491. The number of benzene rings is 1. The van der Waals surface area contributed by atoms with E-state index in [0.717, 1.165) is 5.56 Å². The minimum atomic E-state index is -0.440. The smallest absolute Gasteiger partial charge is 0.319 e. The summed E-state index contributed by atoms with van der Waals surface area (Å²) in [5, 5.41) is 3.15. The molecule has 0 aromatic heterocycles. The van der Waals surface area contributed by atoms with Crippen molar-refractivity contribution in [2.75, 3.05) is 13.7 Å². The second kappa shape index (κ2) is 7.13. The average molecular weight is 372 g/mol. The molecule has 0 bridgehead atoms. The fourth-order valence-electron chi connectivity index (χ4n) is 1.20. The van der Waals surface area contributed by atoms with Gasteiger partial charge in [-0.25, -0.2) is 4.39 Å². The van der Waals surface area contributed by atoms with Gasteiger partial charge in [0.05, 0.1) is 12.1 Å². The Bertz CT molecular complexity index is 403. The van der Waals surface area contributed by atoms with Crippen LogP contribution in [0.15, 0.2) is 18.2 Å². The largest absolute Gasteiger partial charge is 0.468 e. The third kappa shape index (κ3) is 4.77.